The Bertz CT molecular complexity index is 120. The van der Waals surface area contributed by atoms with Gasteiger partial charge in [-0.05, 0) is 25.2 Å². The van der Waals surface area contributed by atoms with Gasteiger partial charge in [0.1, 0.15) is 0 Å². The summed E-state index contributed by atoms with van der Waals surface area (Å²) in [7, 11) is 0. The number of alkyl halides is 1. The monoisotopic (exact) mass is 145 g/mol. The maximum atomic E-state index is 5.65. The zero-order chi connectivity index (χ0) is 6.69. The van der Waals surface area contributed by atoms with Crippen LogP contribution < -0.4 is 5.73 Å². The molecule has 1 aliphatic carbocycles. The third-order valence-corrected chi connectivity index (χ3v) is 2.08. The molecule has 0 unspecified atom stereocenters. The molecular weight excluding hydrogens is 134 g/mol. The van der Waals surface area contributed by atoms with Crippen molar-refractivity contribution in [1.29, 1.82) is 0 Å². The van der Waals surface area contributed by atoms with Crippen molar-refractivity contribution in [3.63, 3.8) is 0 Å². The van der Waals surface area contributed by atoms with Crippen LogP contribution in [0.3, 0.4) is 0 Å². The van der Waals surface area contributed by atoms with Crippen LogP contribution in [-0.2, 0) is 0 Å². The number of hydrogen-bond acceptors (Lipinski definition) is 1. The number of nitrogens with two attached hydrogens (primary N) is 1. The van der Waals surface area contributed by atoms with Crippen LogP contribution in [0.2, 0.25) is 0 Å². The Hall–Kier alpha value is -0.170. The van der Waals surface area contributed by atoms with Gasteiger partial charge in [0.2, 0.25) is 0 Å². The Kier molecular flexibility index (Phi) is 2.40. The first kappa shape index (κ1) is 6.94. The summed E-state index contributed by atoms with van der Waals surface area (Å²) in [5.74, 6) is 1.26. The number of hydrogen-bond donors (Lipinski definition) is 1. The fraction of sp³-hybridized carbons (Fsp3) is 0.714. The topological polar surface area (TPSA) is 26.0 Å². The highest BCUT2D eigenvalue weighted by molar-refractivity contribution is 6.18. The van der Waals surface area contributed by atoms with E-state index in [1.54, 1.807) is 0 Å². The van der Waals surface area contributed by atoms with E-state index in [-0.39, 0.29) is 0 Å². The predicted molar refractivity (Wildman–Crippen MR) is 40.3 cm³/mol. The predicted octanol–water partition coefficient (Wildman–Crippen LogP) is 1.87. The van der Waals surface area contributed by atoms with E-state index in [0.29, 0.717) is 5.92 Å². The molecule has 0 fully saturated rings. The minimum Gasteiger partial charge on any atom is -0.402 e. The van der Waals surface area contributed by atoms with Gasteiger partial charge in [0, 0.05) is 11.6 Å². The summed E-state index contributed by atoms with van der Waals surface area (Å²) < 4.78 is 0. The summed E-state index contributed by atoms with van der Waals surface area (Å²) in [5, 5.41) is 0. The summed E-state index contributed by atoms with van der Waals surface area (Å²) in [5.41, 5.74) is 6.62. The minimum atomic E-state index is 0.542. The van der Waals surface area contributed by atoms with Gasteiger partial charge < -0.3 is 5.73 Å². The summed E-state index contributed by atoms with van der Waals surface area (Å²) in [6.07, 6.45) is 5.58. The van der Waals surface area contributed by atoms with Gasteiger partial charge >= 0.3 is 0 Å². The van der Waals surface area contributed by atoms with Gasteiger partial charge in [-0.25, -0.2) is 0 Å². The molecule has 0 saturated heterocycles. The van der Waals surface area contributed by atoms with Gasteiger partial charge in [0.05, 0.1) is 0 Å². The quantitative estimate of drug-likeness (QED) is 0.561. The Morgan fingerprint density at radius 1 is 1.78 bits per heavy atom. The second-order valence-electron chi connectivity index (χ2n) is 2.55. The van der Waals surface area contributed by atoms with Gasteiger partial charge in [0.25, 0.3) is 0 Å². The first-order chi connectivity index (χ1) is 4.33. The second kappa shape index (κ2) is 3.11. The molecule has 2 N–H and O–H groups in total. The van der Waals surface area contributed by atoms with Crippen LogP contribution in [0.5, 0.6) is 0 Å². The SMILES string of the molecule is NC1=C[C@@H](CCl)CCC1. The van der Waals surface area contributed by atoms with Crippen LogP contribution in [-0.4, -0.2) is 5.88 Å². The lowest BCUT2D eigenvalue weighted by Gasteiger charge is -2.15. The number of rotatable bonds is 1. The van der Waals surface area contributed by atoms with Crippen LogP contribution in [0.15, 0.2) is 11.8 Å². The molecule has 0 aliphatic heterocycles. The molecule has 1 aliphatic rings. The molecule has 9 heavy (non-hydrogen) atoms. The molecule has 0 radical (unpaired) electrons. The molecule has 0 heterocycles. The van der Waals surface area contributed by atoms with E-state index in [2.05, 4.69) is 6.08 Å². The van der Waals surface area contributed by atoms with Gasteiger partial charge in [-0.2, -0.15) is 0 Å². The third-order valence-electron chi connectivity index (χ3n) is 1.69. The number of halogens is 1. The molecule has 1 nitrogen and oxygen atoms in total. The summed E-state index contributed by atoms with van der Waals surface area (Å²) in [6.45, 7) is 0. The van der Waals surface area contributed by atoms with Gasteiger partial charge in [-0.1, -0.05) is 6.08 Å². The van der Waals surface area contributed by atoms with Crippen LogP contribution >= 0.6 is 11.6 Å². The van der Waals surface area contributed by atoms with Crippen molar-refractivity contribution in [3.8, 4) is 0 Å². The Labute approximate surface area is 60.9 Å². The zero-order valence-electron chi connectivity index (χ0n) is 5.44. The summed E-state index contributed by atoms with van der Waals surface area (Å²) in [4.78, 5) is 0. The highest BCUT2D eigenvalue weighted by Gasteiger charge is 2.09. The van der Waals surface area contributed by atoms with Gasteiger partial charge in [-0.15, -0.1) is 11.6 Å². The molecule has 52 valence electrons. The molecule has 0 aromatic rings. The molecule has 0 spiro atoms. The molecule has 1 rings (SSSR count). The normalized spacial score (nSPS) is 27.7. The molecule has 0 saturated carbocycles. The van der Waals surface area contributed by atoms with E-state index in [1.807, 2.05) is 0 Å². The molecule has 2 heteroatoms. The molecular formula is C7H12ClN. The first-order valence-electron chi connectivity index (χ1n) is 3.35. The Morgan fingerprint density at radius 2 is 2.56 bits per heavy atom. The van der Waals surface area contributed by atoms with Crippen LogP contribution in [0.1, 0.15) is 19.3 Å². The summed E-state index contributed by atoms with van der Waals surface area (Å²) in [6, 6.07) is 0. The van der Waals surface area contributed by atoms with Crippen LogP contribution in [0, 0.1) is 5.92 Å². The van der Waals surface area contributed by atoms with Crippen molar-refractivity contribution >= 4 is 11.6 Å². The van der Waals surface area contributed by atoms with Crippen molar-refractivity contribution in [3.05, 3.63) is 11.8 Å². The smallest absolute Gasteiger partial charge is 0.0287 e. The molecule has 1 atom stereocenters. The van der Waals surface area contributed by atoms with E-state index in [1.165, 1.54) is 12.8 Å². The Morgan fingerprint density at radius 3 is 3.00 bits per heavy atom. The van der Waals surface area contributed by atoms with E-state index in [0.717, 1.165) is 18.0 Å². The second-order valence-corrected chi connectivity index (χ2v) is 2.86. The minimum absolute atomic E-state index is 0.542. The first-order valence-corrected chi connectivity index (χ1v) is 3.88. The van der Waals surface area contributed by atoms with Crippen molar-refractivity contribution in [2.24, 2.45) is 11.7 Å². The number of allylic oxidation sites excluding steroid dienone is 2. The molecule has 0 aromatic carbocycles. The third kappa shape index (κ3) is 1.90. The van der Waals surface area contributed by atoms with E-state index in [4.69, 9.17) is 17.3 Å². The molecule has 0 bridgehead atoms. The maximum absolute atomic E-state index is 5.65. The van der Waals surface area contributed by atoms with Crippen molar-refractivity contribution in [2.75, 3.05) is 5.88 Å². The van der Waals surface area contributed by atoms with E-state index in [9.17, 15) is 0 Å². The highest BCUT2D eigenvalue weighted by atomic mass is 35.5. The zero-order valence-corrected chi connectivity index (χ0v) is 6.19. The van der Waals surface area contributed by atoms with Crippen LogP contribution in [0.25, 0.3) is 0 Å². The lowest BCUT2D eigenvalue weighted by Crippen LogP contribution is -2.10. The van der Waals surface area contributed by atoms with Crippen LogP contribution in [0.4, 0.5) is 0 Å². The average Bonchev–Trinajstić information content (AvgIpc) is 1.88. The fourth-order valence-electron chi connectivity index (χ4n) is 1.16. The summed E-state index contributed by atoms with van der Waals surface area (Å²) >= 11 is 5.65. The fourth-order valence-corrected chi connectivity index (χ4v) is 1.40. The lowest BCUT2D eigenvalue weighted by molar-refractivity contribution is 0.570. The van der Waals surface area contributed by atoms with E-state index >= 15 is 0 Å². The largest absolute Gasteiger partial charge is 0.402 e. The van der Waals surface area contributed by atoms with Crippen molar-refractivity contribution < 1.29 is 0 Å². The maximum Gasteiger partial charge on any atom is 0.0287 e. The van der Waals surface area contributed by atoms with Gasteiger partial charge in [0.15, 0.2) is 0 Å². The average molecular weight is 146 g/mol. The molecule has 0 amide bonds. The van der Waals surface area contributed by atoms with Crippen molar-refractivity contribution in [1.82, 2.24) is 0 Å². The van der Waals surface area contributed by atoms with E-state index < -0.39 is 0 Å². The standard InChI is InChI=1S/C7H12ClN/c8-5-6-2-1-3-7(9)4-6/h4,6H,1-3,5,9H2/t6-/m0/s1. The highest BCUT2D eigenvalue weighted by Crippen LogP contribution is 2.20. The molecule has 0 aromatic heterocycles. The Balaban J connectivity index is 2.47. The van der Waals surface area contributed by atoms with Gasteiger partial charge in [-0.3, -0.25) is 0 Å². The lowest BCUT2D eigenvalue weighted by atomic mass is 9.96. The van der Waals surface area contributed by atoms with Crippen molar-refractivity contribution in [2.45, 2.75) is 19.3 Å².